The van der Waals surface area contributed by atoms with Crippen LogP contribution in [-0.2, 0) is 19.4 Å². The van der Waals surface area contributed by atoms with Gasteiger partial charge in [0, 0.05) is 29.1 Å². The summed E-state index contributed by atoms with van der Waals surface area (Å²) in [6.45, 7) is 0.752. The van der Waals surface area contributed by atoms with Crippen molar-refractivity contribution in [2.75, 3.05) is 0 Å². The molecule has 0 aliphatic heterocycles. The molecular weight excluding hydrogens is 318 g/mol. The van der Waals surface area contributed by atoms with Crippen LogP contribution in [0.5, 0.6) is 0 Å². The van der Waals surface area contributed by atoms with E-state index in [9.17, 15) is 0 Å². The number of benzene rings is 2. The van der Waals surface area contributed by atoms with E-state index in [1.165, 1.54) is 33.5 Å². The van der Waals surface area contributed by atoms with Gasteiger partial charge in [0.1, 0.15) is 0 Å². The van der Waals surface area contributed by atoms with E-state index < -0.39 is 0 Å². The molecule has 1 aliphatic rings. The van der Waals surface area contributed by atoms with Gasteiger partial charge in [-0.2, -0.15) is 5.10 Å². The largest absolute Gasteiger partial charge is 0.265 e. The summed E-state index contributed by atoms with van der Waals surface area (Å²) in [5, 5.41) is 5.06. The zero-order valence-corrected chi connectivity index (χ0v) is 14.5. The van der Waals surface area contributed by atoms with Gasteiger partial charge in [0.05, 0.1) is 17.9 Å². The Kier molecular flexibility index (Phi) is 3.64. The van der Waals surface area contributed by atoms with Crippen LogP contribution in [0.2, 0.25) is 0 Å². The van der Waals surface area contributed by atoms with Gasteiger partial charge in [-0.3, -0.25) is 9.67 Å². The highest BCUT2D eigenvalue weighted by Gasteiger charge is 2.25. The Bertz CT molecular complexity index is 1050. The zero-order valence-electron chi connectivity index (χ0n) is 14.5. The van der Waals surface area contributed by atoms with Crippen LogP contribution in [-0.4, -0.2) is 14.8 Å². The van der Waals surface area contributed by atoms with Crippen LogP contribution in [0.25, 0.3) is 22.5 Å². The summed E-state index contributed by atoms with van der Waals surface area (Å²) in [5.74, 6) is 0. The van der Waals surface area contributed by atoms with Crippen LogP contribution >= 0.6 is 0 Å². The summed E-state index contributed by atoms with van der Waals surface area (Å²) in [5.41, 5.74) is 8.86. The van der Waals surface area contributed by atoms with Crippen molar-refractivity contribution in [1.29, 1.82) is 0 Å². The number of hydrogen-bond donors (Lipinski definition) is 0. The average Bonchev–Trinajstić information content (AvgIpc) is 3.08. The summed E-state index contributed by atoms with van der Waals surface area (Å²) >= 11 is 0. The standard InChI is InChI=1S/C23H19N3/c1-2-7-19(8-3-1)23-21-11-10-18-6-4-5-9-20(18)22(21)25-26(23)16-17-12-14-24-15-13-17/h1-9,12-15H,10-11,16H2. The highest BCUT2D eigenvalue weighted by atomic mass is 15.3. The number of aryl methyl sites for hydroxylation is 1. The number of rotatable bonds is 3. The lowest BCUT2D eigenvalue weighted by Gasteiger charge is -2.16. The third kappa shape index (κ3) is 2.53. The molecule has 2 aromatic carbocycles. The molecule has 26 heavy (non-hydrogen) atoms. The maximum atomic E-state index is 5.06. The van der Waals surface area contributed by atoms with Crippen molar-refractivity contribution < 1.29 is 0 Å². The molecule has 0 saturated heterocycles. The van der Waals surface area contributed by atoms with Crippen molar-refractivity contribution in [1.82, 2.24) is 14.8 Å². The van der Waals surface area contributed by atoms with Gasteiger partial charge in [0.15, 0.2) is 0 Å². The molecule has 0 spiro atoms. The Balaban J connectivity index is 1.71. The molecule has 0 unspecified atom stereocenters. The molecule has 1 aliphatic carbocycles. The smallest absolute Gasteiger partial charge is 0.0964 e. The van der Waals surface area contributed by atoms with E-state index in [2.05, 4.69) is 76.4 Å². The molecule has 0 amide bonds. The molecule has 0 atom stereocenters. The van der Waals surface area contributed by atoms with E-state index in [1.54, 1.807) is 0 Å². The minimum absolute atomic E-state index is 0.752. The van der Waals surface area contributed by atoms with Crippen LogP contribution in [0.3, 0.4) is 0 Å². The summed E-state index contributed by atoms with van der Waals surface area (Å²) in [4.78, 5) is 4.13. The topological polar surface area (TPSA) is 30.7 Å². The summed E-state index contributed by atoms with van der Waals surface area (Å²) in [6, 6.07) is 23.4. The Morgan fingerprint density at radius 2 is 1.58 bits per heavy atom. The highest BCUT2D eigenvalue weighted by Crippen LogP contribution is 2.38. The molecule has 0 fully saturated rings. The lowest BCUT2D eigenvalue weighted by atomic mass is 9.88. The first-order chi connectivity index (χ1) is 12.9. The van der Waals surface area contributed by atoms with Gasteiger partial charge in [-0.05, 0) is 36.1 Å². The molecule has 0 radical (unpaired) electrons. The predicted molar refractivity (Wildman–Crippen MR) is 104 cm³/mol. The lowest BCUT2D eigenvalue weighted by Crippen LogP contribution is -2.05. The molecule has 2 heterocycles. The third-order valence-corrected chi connectivity index (χ3v) is 5.10. The number of pyridine rings is 1. The second-order valence-electron chi connectivity index (χ2n) is 6.71. The quantitative estimate of drug-likeness (QED) is 0.540. The Morgan fingerprint density at radius 3 is 2.42 bits per heavy atom. The fraction of sp³-hybridized carbons (Fsp3) is 0.130. The van der Waals surface area contributed by atoms with Crippen molar-refractivity contribution in [3.8, 4) is 22.5 Å². The van der Waals surface area contributed by atoms with Gasteiger partial charge in [0.25, 0.3) is 0 Å². The van der Waals surface area contributed by atoms with Crippen molar-refractivity contribution in [2.24, 2.45) is 0 Å². The van der Waals surface area contributed by atoms with E-state index in [-0.39, 0.29) is 0 Å². The van der Waals surface area contributed by atoms with Crippen molar-refractivity contribution in [2.45, 2.75) is 19.4 Å². The van der Waals surface area contributed by atoms with Crippen molar-refractivity contribution in [3.63, 3.8) is 0 Å². The Morgan fingerprint density at radius 1 is 0.808 bits per heavy atom. The van der Waals surface area contributed by atoms with Crippen LogP contribution in [0, 0.1) is 0 Å². The van der Waals surface area contributed by atoms with Gasteiger partial charge < -0.3 is 0 Å². The predicted octanol–water partition coefficient (Wildman–Crippen LogP) is 4.76. The minimum Gasteiger partial charge on any atom is -0.265 e. The second kappa shape index (κ2) is 6.26. The van der Waals surface area contributed by atoms with Crippen molar-refractivity contribution >= 4 is 0 Å². The molecular formula is C23H19N3. The SMILES string of the molecule is c1ccc(-c2c3c(nn2Cc2ccncc2)-c2ccccc2CC3)cc1. The summed E-state index contributed by atoms with van der Waals surface area (Å²) in [6.07, 6.45) is 5.79. The van der Waals surface area contributed by atoms with Crippen LogP contribution in [0.15, 0.2) is 79.1 Å². The fourth-order valence-corrected chi connectivity index (χ4v) is 3.88. The Labute approximate surface area is 153 Å². The first-order valence-electron chi connectivity index (χ1n) is 9.02. The van der Waals surface area contributed by atoms with Crippen LogP contribution in [0.1, 0.15) is 16.7 Å². The molecule has 2 aromatic heterocycles. The average molecular weight is 337 g/mol. The molecule has 3 nitrogen and oxygen atoms in total. The maximum Gasteiger partial charge on any atom is 0.0964 e. The van der Waals surface area contributed by atoms with Crippen LogP contribution in [0.4, 0.5) is 0 Å². The number of aromatic nitrogens is 3. The normalized spacial score (nSPS) is 12.5. The zero-order chi connectivity index (χ0) is 17.3. The monoisotopic (exact) mass is 337 g/mol. The van der Waals surface area contributed by atoms with E-state index in [0.29, 0.717) is 0 Å². The molecule has 4 aromatic rings. The van der Waals surface area contributed by atoms with Gasteiger partial charge in [-0.15, -0.1) is 0 Å². The molecule has 5 rings (SSSR count). The molecule has 126 valence electrons. The summed E-state index contributed by atoms with van der Waals surface area (Å²) < 4.78 is 2.16. The van der Waals surface area contributed by atoms with Gasteiger partial charge in [-0.1, -0.05) is 54.6 Å². The number of fused-ring (bicyclic) bond motifs is 3. The first-order valence-corrected chi connectivity index (χ1v) is 9.02. The van der Waals surface area contributed by atoms with Crippen molar-refractivity contribution in [3.05, 3.63) is 95.8 Å². The first kappa shape index (κ1) is 15.1. The molecule has 0 saturated carbocycles. The van der Waals surface area contributed by atoms with E-state index in [0.717, 1.165) is 25.1 Å². The molecule has 0 bridgehead atoms. The summed E-state index contributed by atoms with van der Waals surface area (Å²) in [7, 11) is 0. The number of hydrogen-bond acceptors (Lipinski definition) is 2. The minimum atomic E-state index is 0.752. The van der Waals surface area contributed by atoms with Crippen LogP contribution < -0.4 is 0 Å². The number of nitrogens with zero attached hydrogens (tertiary/aromatic N) is 3. The molecule has 3 heteroatoms. The van der Waals surface area contributed by atoms with E-state index in [1.807, 2.05) is 12.4 Å². The second-order valence-corrected chi connectivity index (χ2v) is 6.71. The van der Waals surface area contributed by atoms with Gasteiger partial charge in [-0.25, -0.2) is 0 Å². The Hall–Kier alpha value is -3.20. The lowest BCUT2D eigenvalue weighted by molar-refractivity contribution is 0.696. The van der Waals surface area contributed by atoms with Gasteiger partial charge in [0.2, 0.25) is 0 Å². The van der Waals surface area contributed by atoms with Gasteiger partial charge >= 0.3 is 0 Å². The highest BCUT2D eigenvalue weighted by molar-refractivity contribution is 5.78. The van der Waals surface area contributed by atoms with E-state index in [4.69, 9.17) is 5.10 Å². The molecule has 0 N–H and O–H groups in total. The van der Waals surface area contributed by atoms with E-state index >= 15 is 0 Å². The third-order valence-electron chi connectivity index (χ3n) is 5.10. The fourth-order valence-electron chi connectivity index (χ4n) is 3.88. The maximum absolute atomic E-state index is 5.06.